The number of amides is 1. The smallest absolute Gasteiger partial charge is 0.223 e. The maximum atomic E-state index is 11.8. The van der Waals surface area contributed by atoms with Gasteiger partial charge in [0.2, 0.25) is 5.91 Å². The molecule has 1 saturated heterocycles. The molecular weight excluding hydrogens is 252 g/mol. The average molecular weight is 276 g/mol. The summed E-state index contributed by atoms with van der Waals surface area (Å²) in [6.45, 7) is 4.26. The SMILES string of the molecule is O=C(CCNCCCOc1ccccc1)N1CCCC1. The molecule has 110 valence electrons. The number of hydrogen-bond acceptors (Lipinski definition) is 3. The van der Waals surface area contributed by atoms with E-state index in [1.54, 1.807) is 0 Å². The van der Waals surface area contributed by atoms with Gasteiger partial charge in [0.15, 0.2) is 0 Å². The maximum absolute atomic E-state index is 11.8. The molecule has 4 heteroatoms. The van der Waals surface area contributed by atoms with Gasteiger partial charge < -0.3 is 15.0 Å². The molecule has 0 aromatic heterocycles. The van der Waals surface area contributed by atoms with E-state index in [0.29, 0.717) is 13.0 Å². The molecule has 1 aliphatic heterocycles. The first kappa shape index (κ1) is 14.9. The Kier molecular flexibility index (Phi) is 6.38. The van der Waals surface area contributed by atoms with Crippen molar-refractivity contribution < 1.29 is 9.53 Å². The van der Waals surface area contributed by atoms with E-state index in [9.17, 15) is 4.79 Å². The predicted octanol–water partition coefficient (Wildman–Crippen LogP) is 2.06. The standard InChI is InChI=1S/C16H24N2O2/c19-16(18-12-4-5-13-18)9-11-17-10-6-14-20-15-7-2-1-3-8-15/h1-3,7-8,17H,4-6,9-14H2. The van der Waals surface area contributed by atoms with Crippen LogP contribution in [0.1, 0.15) is 25.7 Å². The van der Waals surface area contributed by atoms with Crippen LogP contribution in [0.25, 0.3) is 0 Å². The van der Waals surface area contributed by atoms with Gasteiger partial charge in [-0.1, -0.05) is 18.2 Å². The van der Waals surface area contributed by atoms with E-state index in [2.05, 4.69) is 5.32 Å². The summed E-state index contributed by atoms with van der Waals surface area (Å²) in [4.78, 5) is 13.8. The summed E-state index contributed by atoms with van der Waals surface area (Å²) < 4.78 is 5.60. The minimum absolute atomic E-state index is 0.288. The van der Waals surface area contributed by atoms with Crippen molar-refractivity contribution in [3.63, 3.8) is 0 Å². The third-order valence-electron chi connectivity index (χ3n) is 3.48. The van der Waals surface area contributed by atoms with E-state index in [4.69, 9.17) is 4.74 Å². The highest BCUT2D eigenvalue weighted by molar-refractivity contribution is 5.76. The first-order valence-electron chi connectivity index (χ1n) is 7.52. The first-order chi connectivity index (χ1) is 9.86. The number of nitrogens with zero attached hydrogens (tertiary/aromatic N) is 1. The summed E-state index contributed by atoms with van der Waals surface area (Å²) in [5.74, 6) is 1.20. The number of nitrogens with one attached hydrogen (secondary N) is 1. The minimum Gasteiger partial charge on any atom is -0.494 e. The molecule has 0 atom stereocenters. The monoisotopic (exact) mass is 276 g/mol. The number of carbonyl (C=O) groups is 1. The van der Waals surface area contributed by atoms with Crippen molar-refractivity contribution in [1.29, 1.82) is 0 Å². The molecule has 0 radical (unpaired) electrons. The quantitative estimate of drug-likeness (QED) is 0.739. The van der Waals surface area contributed by atoms with E-state index < -0.39 is 0 Å². The highest BCUT2D eigenvalue weighted by Gasteiger charge is 2.16. The van der Waals surface area contributed by atoms with Crippen LogP contribution in [0.3, 0.4) is 0 Å². The Morgan fingerprint density at radius 1 is 1.15 bits per heavy atom. The van der Waals surface area contributed by atoms with Crippen LogP contribution in [0, 0.1) is 0 Å². The van der Waals surface area contributed by atoms with Gasteiger partial charge in [-0.3, -0.25) is 4.79 Å². The van der Waals surface area contributed by atoms with Crippen molar-refractivity contribution >= 4 is 5.91 Å². The Morgan fingerprint density at radius 3 is 2.65 bits per heavy atom. The topological polar surface area (TPSA) is 41.6 Å². The van der Waals surface area contributed by atoms with Crippen LogP contribution in [0.15, 0.2) is 30.3 Å². The van der Waals surface area contributed by atoms with E-state index >= 15 is 0 Å². The number of hydrogen-bond donors (Lipinski definition) is 1. The van der Waals surface area contributed by atoms with E-state index in [1.165, 1.54) is 0 Å². The zero-order valence-corrected chi connectivity index (χ0v) is 12.0. The molecule has 1 aliphatic rings. The summed E-state index contributed by atoms with van der Waals surface area (Å²) in [5.41, 5.74) is 0. The molecule has 0 bridgehead atoms. The van der Waals surface area contributed by atoms with Gasteiger partial charge in [-0.2, -0.15) is 0 Å². The fourth-order valence-electron chi connectivity index (χ4n) is 2.35. The van der Waals surface area contributed by atoms with Crippen LogP contribution in [0.4, 0.5) is 0 Å². The largest absolute Gasteiger partial charge is 0.494 e. The molecular formula is C16H24N2O2. The van der Waals surface area contributed by atoms with Gasteiger partial charge in [0.05, 0.1) is 6.61 Å². The fourth-order valence-corrected chi connectivity index (χ4v) is 2.35. The van der Waals surface area contributed by atoms with Gasteiger partial charge in [0.25, 0.3) is 0 Å². The van der Waals surface area contributed by atoms with Crippen molar-refractivity contribution in [2.24, 2.45) is 0 Å². The first-order valence-corrected chi connectivity index (χ1v) is 7.52. The molecule has 1 fully saturated rings. The zero-order chi connectivity index (χ0) is 14.0. The summed E-state index contributed by atoms with van der Waals surface area (Å²) in [7, 11) is 0. The molecule has 1 aromatic rings. The van der Waals surface area contributed by atoms with E-state index in [-0.39, 0.29) is 5.91 Å². The molecule has 0 aliphatic carbocycles. The van der Waals surface area contributed by atoms with Gasteiger partial charge in [-0.25, -0.2) is 0 Å². The second-order valence-electron chi connectivity index (χ2n) is 5.10. The Labute approximate surface area is 121 Å². The van der Waals surface area contributed by atoms with Gasteiger partial charge >= 0.3 is 0 Å². The number of benzene rings is 1. The molecule has 20 heavy (non-hydrogen) atoms. The second kappa shape index (κ2) is 8.59. The Hall–Kier alpha value is -1.55. The summed E-state index contributed by atoms with van der Waals surface area (Å²) in [5, 5.41) is 3.30. The second-order valence-corrected chi connectivity index (χ2v) is 5.10. The molecule has 1 aromatic carbocycles. The predicted molar refractivity (Wildman–Crippen MR) is 79.9 cm³/mol. The van der Waals surface area contributed by atoms with Crippen molar-refractivity contribution in [1.82, 2.24) is 10.2 Å². The van der Waals surface area contributed by atoms with Gasteiger partial charge in [0.1, 0.15) is 5.75 Å². The van der Waals surface area contributed by atoms with Crippen molar-refractivity contribution in [3.8, 4) is 5.75 Å². The van der Waals surface area contributed by atoms with Crippen molar-refractivity contribution in [2.45, 2.75) is 25.7 Å². The van der Waals surface area contributed by atoms with Crippen LogP contribution in [-0.2, 0) is 4.79 Å². The normalized spacial score (nSPS) is 14.5. The van der Waals surface area contributed by atoms with Crippen LogP contribution >= 0.6 is 0 Å². The molecule has 0 saturated carbocycles. The van der Waals surface area contributed by atoms with Crippen LogP contribution in [0.2, 0.25) is 0 Å². The average Bonchev–Trinajstić information content (AvgIpc) is 3.01. The summed E-state index contributed by atoms with van der Waals surface area (Å²) in [6.07, 6.45) is 3.89. The number of ether oxygens (including phenoxy) is 1. The Bertz CT molecular complexity index is 389. The van der Waals surface area contributed by atoms with Crippen LogP contribution < -0.4 is 10.1 Å². The molecule has 2 rings (SSSR count). The Balaban J connectivity index is 1.44. The number of carbonyl (C=O) groups excluding carboxylic acids is 1. The molecule has 1 heterocycles. The lowest BCUT2D eigenvalue weighted by Gasteiger charge is -2.15. The third kappa shape index (κ3) is 5.21. The Morgan fingerprint density at radius 2 is 1.90 bits per heavy atom. The van der Waals surface area contributed by atoms with Gasteiger partial charge in [-0.05, 0) is 37.9 Å². The molecule has 0 unspecified atom stereocenters. The lowest BCUT2D eigenvalue weighted by Crippen LogP contribution is -2.31. The summed E-state index contributed by atoms with van der Waals surface area (Å²) in [6, 6.07) is 9.84. The fraction of sp³-hybridized carbons (Fsp3) is 0.562. The molecule has 1 amide bonds. The van der Waals surface area contributed by atoms with Crippen LogP contribution in [-0.4, -0.2) is 43.6 Å². The lowest BCUT2D eigenvalue weighted by atomic mass is 10.3. The minimum atomic E-state index is 0.288. The third-order valence-corrected chi connectivity index (χ3v) is 3.48. The highest BCUT2D eigenvalue weighted by Crippen LogP contribution is 2.09. The molecule has 1 N–H and O–H groups in total. The zero-order valence-electron chi connectivity index (χ0n) is 12.0. The van der Waals surface area contributed by atoms with E-state index in [1.807, 2.05) is 35.2 Å². The number of likely N-dealkylation sites (tertiary alicyclic amines) is 1. The van der Waals surface area contributed by atoms with Crippen molar-refractivity contribution in [2.75, 3.05) is 32.8 Å². The lowest BCUT2D eigenvalue weighted by molar-refractivity contribution is -0.130. The summed E-state index contributed by atoms with van der Waals surface area (Å²) >= 11 is 0. The van der Waals surface area contributed by atoms with Gasteiger partial charge in [-0.15, -0.1) is 0 Å². The van der Waals surface area contributed by atoms with Gasteiger partial charge in [0, 0.05) is 26.1 Å². The van der Waals surface area contributed by atoms with Crippen LogP contribution in [0.5, 0.6) is 5.75 Å². The van der Waals surface area contributed by atoms with E-state index in [0.717, 1.165) is 51.2 Å². The maximum Gasteiger partial charge on any atom is 0.223 e. The van der Waals surface area contributed by atoms with Crippen molar-refractivity contribution in [3.05, 3.63) is 30.3 Å². The number of rotatable bonds is 8. The molecule has 4 nitrogen and oxygen atoms in total. The molecule has 0 spiro atoms. The highest BCUT2D eigenvalue weighted by atomic mass is 16.5. The number of para-hydroxylation sites is 1.